The number of rotatable bonds is 7. The summed E-state index contributed by atoms with van der Waals surface area (Å²) in [5.41, 5.74) is 0. The van der Waals surface area contributed by atoms with Crippen LogP contribution in [0.25, 0.3) is 0 Å². The Labute approximate surface area is 98.5 Å². The average Bonchev–Trinajstić information content (AvgIpc) is 2.66. The van der Waals surface area contributed by atoms with Crippen molar-refractivity contribution < 1.29 is 14.6 Å². The highest BCUT2D eigenvalue weighted by Gasteiger charge is 2.30. The van der Waals surface area contributed by atoms with E-state index in [9.17, 15) is 5.11 Å². The molecule has 0 aromatic rings. The minimum absolute atomic E-state index is 0.121. The largest absolute Gasteiger partial charge is 0.393 e. The fraction of sp³-hybridized carbons (Fsp3) is 1.00. The molecule has 1 aliphatic carbocycles. The molecule has 0 radical (unpaired) electrons. The Morgan fingerprint density at radius 1 is 1.31 bits per heavy atom. The number of nitrogens with zero attached hydrogens (tertiary/aromatic N) is 1. The Balaban J connectivity index is 2.48. The van der Waals surface area contributed by atoms with Gasteiger partial charge in [0.2, 0.25) is 0 Å². The fourth-order valence-corrected chi connectivity index (χ4v) is 2.53. The van der Waals surface area contributed by atoms with Crippen molar-refractivity contribution in [1.29, 1.82) is 0 Å². The summed E-state index contributed by atoms with van der Waals surface area (Å²) in [5.74, 6) is 0. The van der Waals surface area contributed by atoms with Gasteiger partial charge in [0, 0.05) is 32.8 Å². The van der Waals surface area contributed by atoms with Gasteiger partial charge >= 0.3 is 0 Å². The Morgan fingerprint density at radius 3 is 2.56 bits per heavy atom. The van der Waals surface area contributed by atoms with E-state index in [1.807, 2.05) is 0 Å². The molecule has 0 aliphatic heterocycles. The second-order valence-corrected chi connectivity index (χ2v) is 4.66. The maximum absolute atomic E-state index is 9.60. The van der Waals surface area contributed by atoms with Gasteiger partial charge in [0.15, 0.2) is 0 Å². The third-order valence-corrected chi connectivity index (χ3v) is 3.37. The molecule has 4 heteroatoms. The number of hydrogen-bond donors (Lipinski definition) is 1. The second-order valence-electron chi connectivity index (χ2n) is 4.66. The lowest BCUT2D eigenvalue weighted by Crippen LogP contribution is -2.44. The zero-order chi connectivity index (χ0) is 12.0. The van der Waals surface area contributed by atoms with E-state index in [-0.39, 0.29) is 6.10 Å². The van der Waals surface area contributed by atoms with Crippen LogP contribution in [-0.4, -0.2) is 62.2 Å². The first-order valence-electron chi connectivity index (χ1n) is 6.10. The predicted molar refractivity (Wildman–Crippen MR) is 63.6 cm³/mol. The number of hydrogen-bond acceptors (Lipinski definition) is 4. The van der Waals surface area contributed by atoms with Crippen molar-refractivity contribution in [2.45, 2.75) is 44.4 Å². The van der Waals surface area contributed by atoms with Crippen LogP contribution in [0.2, 0.25) is 0 Å². The third-order valence-electron chi connectivity index (χ3n) is 3.37. The van der Waals surface area contributed by atoms with Crippen LogP contribution in [0, 0.1) is 0 Å². The first-order valence-corrected chi connectivity index (χ1v) is 6.10. The molecule has 96 valence electrons. The normalized spacial score (nSPS) is 27.6. The summed E-state index contributed by atoms with van der Waals surface area (Å²) in [4.78, 5) is 2.41. The van der Waals surface area contributed by atoms with Gasteiger partial charge < -0.3 is 14.6 Å². The van der Waals surface area contributed by atoms with E-state index >= 15 is 0 Å². The molecule has 0 aromatic heterocycles. The topological polar surface area (TPSA) is 41.9 Å². The molecule has 1 rings (SSSR count). The molecule has 0 heterocycles. The summed E-state index contributed by atoms with van der Waals surface area (Å²) in [7, 11) is 3.46. The molecular formula is C12H25NO3. The van der Waals surface area contributed by atoms with Crippen LogP contribution in [-0.2, 0) is 9.47 Å². The minimum Gasteiger partial charge on any atom is -0.393 e. The van der Waals surface area contributed by atoms with Crippen LogP contribution in [0.5, 0.6) is 0 Å². The molecule has 1 saturated carbocycles. The molecule has 0 aromatic carbocycles. The van der Waals surface area contributed by atoms with Crippen LogP contribution in [0.15, 0.2) is 0 Å². The SMILES string of the molecule is COCCN(C(C)COC)C1CCC(O)C1. The van der Waals surface area contributed by atoms with E-state index < -0.39 is 0 Å². The highest BCUT2D eigenvalue weighted by atomic mass is 16.5. The molecule has 1 N–H and O–H groups in total. The number of aliphatic hydroxyl groups excluding tert-OH is 1. The molecule has 1 aliphatic rings. The molecule has 3 unspecified atom stereocenters. The number of aliphatic hydroxyl groups is 1. The molecule has 4 nitrogen and oxygen atoms in total. The van der Waals surface area contributed by atoms with Gasteiger partial charge in [-0.15, -0.1) is 0 Å². The minimum atomic E-state index is -0.121. The Bertz CT molecular complexity index is 189. The van der Waals surface area contributed by atoms with Crippen LogP contribution in [0.1, 0.15) is 26.2 Å². The second kappa shape index (κ2) is 7.22. The maximum Gasteiger partial charge on any atom is 0.0615 e. The van der Waals surface area contributed by atoms with Crippen molar-refractivity contribution in [2.24, 2.45) is 0 Å². The van der Waals surface area contributed by atoms with Gasteiger partial charge in [-0.25, -0.2) is 0 Å². The van der Waals surface area contributed by atoms with E-state index in [4.69, 9.17) is 9.47 Å². The van der Waals surface area contributed by atoms with E-state index in [0.29, 0.717) is 12.1 Å². The molecule has 0 amide bonds. The molecule has 0 spiro atoms. The number of ether oxygens (including phenoxy) is 2. The Morgan fingerprint density at radius 2 is 2.06 bits per heavy atom. The van der Waals surface area contributed by atoms with Crippen molar-refractivity contribution in [3.05, 3.63) is 0 Å². The molecule has 1 fully saturated rings. The molecule has 3 atom stereocenters. The highest BCUT2D eigenvalue weighted by molar-refractivity contribution is 4.85. The standard InChI is InChI=1S/C12H25NO3/c1-10(9-16-3)13(6-7-15-2)11-4-5-12(14)8-11/h10-12,14H,4-9H2,1-3H3. The lowest BCUT2D eigenvalue weighted by molar-refractivity contribution is 0.0440. The summed E-state index contributed by atoms with van der Waals surface area (Å²) in [5, 5.41) is 9.60. The van der Waals surface area contributed by atoms with Crippen LogP contribution >= 0.6 is 0 Å². The van der Waals surface area contributed by atoms with Gasteiger partial charge in [0.25, 0.3) is 0 Å². The van der Waals surface area contributed by atoms with Crippen molar-refractivity contribution in [3.8, 4) is 0 Å². The quantitative estimate of drug-likeness (QED) is 0.706. The van der Waals surface area contributed by atoms with Gasteiger partial charge in [-0.3, -0.25) is 4.90 Å². The average molecular weight is 231 g/mol. The third kappa shape index (κ3) is 4.01. The maximum atomic E-state index is 9.60. The van der Waals surface area contributed by atoms with Gasteiger partial charge in [-0.1, -0.05) is 0 Å². The first-order chi connectivity index (χ1) is 7.69. The Hall–Kier alpha value is -0.160. The molecule has 0 bridgehead atoms. The molecule has 16 heavy (non-hydrogen) atoms. The zero-order valence-corrected chi connectivity index (χ0v) is 10.7. The molecule has 0 saturated heterocycles. The highest BCUT2D eigenvalue weighted by Crippen LogP contribution is 2.25. The predicted octanol–water partition coefficient (Wildman–Crippen LogP) is 0.883. The van der Waals surface area contributed by atoms with Crippen molar-refractivity contribution in [3.63, 3.8) is 0 Å². The summed E-state index contributed by atoms with van der Waals surface area (Å²) in [6, 6.07) is 0.866. The fourth-order valence-electron chi connectivity index (χ4n) is 2.53. The lowest BCUT2D eigenvalue weighted by Gasteiger charge is -2.34. The first kappa shape index (κ1) is 13.9. The molecular weight excluding hydrogens is 206 g/mol. The van der Waals surface area contributed by atoms with E-state index in [0.717, 1.165) is 39.0 Å². The smallest absolute Gasteiger partial charge is 0.0615 e. The summed E-state index contributed by atoms with van der Waals surface area (Å²) >= 11 is 0. The van der Waals surface area contributed by atoms with Crippen molar-refractivity contribution in [2.75, 3.05) is 34.0 Å². The van der Waals surface area contributed by atoms with Crippen LogP contribution in [0.3, 0.4) is 0 Å². The summed E-state index contributed by atoms with van der Waals surface area (Å²) < 4.78 is 10.3. The van der Waals surface area contributed by atoms with E-state index in [2.05, 4.69) is 11.8 Å². The van der Waals surface area contributed by atoms with Crippen LogP contribution < -0.4 is 0 Å². The summed E-state index contributed by atoms with van der Waals surface area (Å²) in [6.45, 7) is 4.55. The van der Waals surface area contributed by atoms with Crippen molar-refractivity contribution >= 4 is 0 Å². The zero-order valence-electron chi connectivity index (χ0n) is 10.7. The monoisotopic (exact) mass is 231 g/mol. The van der Waals surface area contributed by atoms with Crippen LogP contribution in [0.4, 0.5) is 0 Å². The van der Waals surface area contributed by atoms with Gasteiger partial charge in [-0.05, 0) is 26.2 Å². The van der Waals surface area contributed by atoms with Crippen molar-refractivity contribution in [1.82, 2.24) is 4.90 Å². The van der Waals surface area contributed by atoms with E-state index in [1.165, 1.54) is 0 Å². The summed E-state index contributed by atoms with van der Waals surface area (Å²) in [6.07, 6.45) is 2.77. The lowest BCUT2D eigenvalue weighted by atomic mass is 10.1. The van der Waals surface area contributed by atoms with Gasteiger partial charge in [-0.2, -0.15) is 0 Å². The number of methoxy groups -OCH3 is 2. The van der Waals surface area contributed by atoms with Gasteiger partial charge in [0.05, 0.1) is 19.3 Å². The van der Waals surface area contributed by atoms with E-state index in [1.54, 1.807) is 14.2 Å². The Kier molecular flexibility index (Phi) is 6.28. The van der Waals surface area contributed by atoms with Gasteiger partial charge in [0.1, 0.15) is 0 Å².